The Labute approximate surface area is 116 Å². The van der Waals surface area contributed by atoms with Crippen LogP contribution in [0.5, 0.6) is 5.75 Å². The highest BCUT2D eigenvalue weighted by molar-refractivity contribution is 7.91. The van der Waals surface area contributed by atoms with E-state index < -0.39 is 10.0 Å². The van der Waals surface area contributed by atoms with Crippen molar-refractivity contribution in [3.8, 4) is 5.75 Å². The average Bonchev–Trinajstić information content (AvgIpc) is 2.93. The van der Waals surface area contributed by atoms with E-state index in [-0.39, 0.29) is 6.04 Å². The Morgan fingerprint density at radius 2 is 2.05 bits per heavy atom. The van der Waals surface area contributed by atoms with E-state index in [9.17, 15) is 8.42 Å². The molecule has 0 spiro atoms. The molecule has 3 rings (SSSR count). The maximum Gasteiger partial charge on any atom is 0.250 e. The highest BCUT2D eigenvalue weighted by atomic mass is 32.2. The average molecular weight is 295 g/mol. The van der Waals surface area contributed by atoms with Crippen LogP contribution in [0.4, 0.5) is 0 Å². The molecule has 0 bridgehead atoms. The molecule has 6 heteroatoms. The van der Waals surface area contributed by atoms with Gasteiger partial charge in [-0.2, -0.15) is 0 Å². The first-order valence-corrected chi connectivity index (χ1v) is 8.28. The topological polar surface area (TPSA) is 55.4 Å². The highest BCUT2D eigenvalue weighted by Gasteiger charge is 2.25. The monoisotopic (exact) mass is 295 g/mol. The van der Waals surface area contributed by atoms with Crippen molar-refractivity contribution in [2.24, 2.45) is 0 Å². The van der Waals surface area contributed by atoms with Gasteiger partial charge in [-0.1, -0.05) is 24.3 Å². The Morgan fingerprint density at radius 3 is 2.84 bits per heavy atom. The fourth-order valence-electron chi connectivity index (χ4n) is 2.10. The van der Waals surface area contributed by atoms with Crippen molar-refractivity contribution in [3.05, 3.63) is 47.3 Å². The maximum absolute atomic E-state index is 12.1. The normalized spacial score (nSPS) is 18.6. The molecule has 1 unspecified atom stereocenters. The molecular weight excluding hydrogens is 282 g/mol. The molecule has 0 aliphatic carbocycles. The van der Waals surface area contributed by atoms with E-state index in [1.807, 2.05) is 24.3 Å². The molecule has 1 atom stereocenters. The van der Waals surface area contributed by atoms with Crippen LogP contribution in [0.15, 0.2) is 46.0 Å². The molecule has 1 aromatic heterocycles. The summed E-state index contributed by atoms with van der Waals surface area (Å²) in [6, 6.07) is 10.8. The van der Waals surface area contributed by atoms with E-state index in [2.05, 4.69) is 4.72 Å². The van der Waals surface area contributed by atoms with Crippen molar-refractivity contribution in [1.29, 1.82) is 0 Å². The molecule has 2 aromatic rings. The largest absolute Gasteiger partial charge is 0.492 e. The lowest BCUT2D eigenvalue weighted by molar-refractivity contribution is 0.254. The molecule has 0 saturated heterocycles. The van der Waals surface area contributed by atoms with Crippen LogP contribution in [0, 0.1) is 0 Å². The summed E-state index contributed by atoms with van der Waals surface area (Å²) in [5.41, 5.74) is 1.03. The number of ether oxygens (including phenoxy) is 1. The summed E-state index contributed by atoms with van der Waals surface area (Å²) in [7, 11) is -3.43. The van der Waals surface area contributed by atoms with Crippen molar-refractivity contribution in [1.82, 2.24) is 4.72 Å². The fourth-order valence-corrected chi connectivity index (χ4v) is 4.33. The first-order valence-electron chi connectivity index (χ1n) is 5.92. The number of nitrogens with one attached hydrogen (secondary N) is 1. The van der Waals surface area contributed by atoms with Gasteiger partial charge in [0.2, 0.25) is 10.0 Å². The number of benzene rings is 1. The molecule has 19 heavy (non-hydrogen) atoms. The maximum atomic E-state index is 12.1. The van der Waals surface area contributed by atoms with Crippen LogP contribution in [0.2, 0.25) is 0 Å². The van der Waals surface area contributed by atoms with Crippen molar-refractivity contribution < 1.29 is 13.2 Å². The number of hydrogen-bond acceptors (Lipinski definition) is 4. The van der Waals surface area contributed by atoms with E-state index in [1.165, 1.54) is 11.3 Å². The molecule has 1 aliphatic heterocycles. The second kappa shape index (κ2) is 4.96. The summed E-state index contributed by atoms with van der Waals surface area (Å²) in [4.78, 5) is 0. The number of rotatable bonds is 3. The Morgan fingerprint density at radius 1 is 1.21 bits per heavy atom. The third kappa shape index (κ3) is 2.65. The number of fused-ring (bicyclic) bond motifs is 1. The molecule has 0 fully saturated rings. The van der Waals surface area contributed by atoms with Crippen LogP contribution in [-0.2, 0) is 16.4 Å². The zero-order chi connectivity index (χ0) is 13.3. The van der Waals surface area contributed by atoms with Crippen molar-refractivity contribution >= 4 is 21.4 Å². The summed E-state index contributed by atoms with van der Waals surface area (Å²) in [6.07, 6.45) is 0.654. The van der Waals surface area contributed by atoms with Crippen molar-refractivity contribution in [2.45, 2.75) is 16.7 Å². The lowest BCUT2D eigenvalue weighted by atomic mass is 10.0. The van der Waals surface area contributed by atoms with Gasteiger partial charge in [0.15, 0.2) is 0 Å². The van der Waals surface area contributed by atoms with Gasteiger partial charge >= 0.3 is 0 Å². The van der Waals surface area contributed by atoms with Gasteiger partial charge in [0.05, 0.1) is 6.04 Å². The van der Waals surface area contributed by atoms with Crippen LogP contribution in [-0.4, -0.2) is 21.1 Å². The van der Waals surface area contributed by atoms with E-state index in [4.69, 9.17) is 4.74 Å². The predicted octanol–water partition coefficient (Wildman–Crippen LogP) is 2.03. The van der Waals surface area contributed by atoms with Crippen LogP contribution < -0.4 is 9.46 Å². The molecule has 1 N–H and O–H groups in total. The molecule has 1 aliphatic rings. The number of thiophene rings is 1. The van der Waals surface area contributed by atoms with Gasteiger partial charge in [0.1, 0.15) is 16.6 Å². The zero-order valence-electron chi connectivity index (χ0n) is 10.1. The highest BCUT2D eigenvalue weighted by Crippen LogP contribution is 2.25. The minimum atomic E-state index is -3.43. The third-order valence-corrected chi connectivity index (χ3v) is 5.88. The number of hydrogen-bond donors (Lipinski definition) is 1. The molecule has 0 radical (unpaired) electrons. The first-order chi connectivity index (χ1) is 9.15. The second-order valence-corrected chi connectivity index (χ2v) is 7.26. The standard InChI is InChI=1S/C13H13NO3S2/c15-19(16,13-6-3-7-18-13)14-11-8-10-4-1-2-5-12(10)17-9-11/h1-7,11,14H,8-9H2. The predicted molar refractivity (Wildman–Crippen MR) is 74.1 cm³/mol. The molecular formula is C13H13NO3S2. The molecule has 1 aromatic carbocycles. The van der Waals surface area contributed by atoms with Crippen molar-refractivity contribution in [2.75, 3.05) is 6.61 Å². The van der Waals surface area contributed by atoms with E-state index in [1.54, 1.807) is 17.5 Å². The molecule has 2 heterocycles. The second-order valence-electron chi connectivity index (χ2n) is 4.37. The summed E-state index contributed by atoms with van der Waals surface area (Å²) in [5.74, 6) is 0.842. The van der Waals surface area contributed by atoms with Gasteiger partial charge in [-0.3, -0.25) is 0 Å². The zero-order valence-corrected chi connectivity index (χ0v) is 11.7. The first kappa shape index (κ1) is 12.7. The van der Waals surface area contributed by atoms with Crippen LogP contribution in [0.1, 0.15) is 5.56 Å². The smallest absolute Gasteiger partial charge is 0.250 e. The fraction of sp³-hybridized carbons (Fsp3) is 0.231. The van der Waals surface area contributed by atoms with Crippen molar-refractivity contribution in [3.63, 3.8) is 0 Å². The van der Waals surface area contributed by atoms with Crippen LogP contribution >= 0.6 is 11.3 Å². The van der Waals surface area contributed by atoms with Crippen LogP contribution in [0.3, 0.4) is 0 Å². The lowest BCUT2D eigenvalue weighted by Gasteiger charge is -2.25. The summed E-state index contributed by atoms with van der Waals surface area (Å²) < 4.78 is 32.8. The molecule has 0 amide bonds. The lowest BCUT2D eigenvalue weighted by Crippen LogP contribution is -2.42. The van der Waals surface area contributed by atoms with Gasteiger partial charge in [-0.25, -0.2) is 13.1 Å². The van der Waals surface area contributed by atoms with Gasteiger partial charge in [0.25, 0.3) is 0 Å². The summed E-state index contributed by atoms with van der Waals surface area (Å²) in [6.45, 7) is 0.363. The van der Waals surface area contributed by atoms with E-state index in [0.717, 1.165) is 11.3 Å². The third-order valence-electron chi connectivity index (χ3n) is 2.96. The van der Waals surface area contributed by atoms with E-state index in [0.29, 0.717) is 17.2 Å². The number of para-hydroxylation sites is 1. The summed E-state index contributed by atoms with van der Waals surface area (Å²) >= 11 is 1.21. The minimum Gasteiger partial charge on any atom is -0.492 e. The summed E-state index contributed by atoms with van der Waals surface area (Å²) in [5, 5.41) is 1.75. The van der Waals surface area contributed by atoms with Gasteiger partial charge in [-0.05, 0) is 29.5 Å². The Hall–Kier alpha value is -1.37. The molecule has 0 saturated carbocycles. The SMILES string of the molecule is O=S(=O)(NC1COc2ccccc2C1)c1cccs1. The Balaban J connectivity index is 1.76. The Kier molecular flexibility index (Phi) is 3.30. The van der Waals surface area contributed by atoms with Crippen LogP contribution in [0.25, 0.3) is 0 Å². The minimum absolute atomic E-state index is 0.220. The molecule has 100 valence electrons. The van der Waals surface area contributed by atoms with E-state index >= 15 is 0 Å². The van der Waals surface area contributed by atoms with Gasteiger partial charge in [0, 0.05) is 0 Å². The van der Waals surface area contributed by atoms with Gasteiger partial charge in [-0.15, -0.1) is 11.3 Å². The quantitative estimate of drug-likeness (QED) is 0.942. The molecule has 4 nitrogen and oxygen atoms in total. The van der Waals surface area contributed by atoms with Gasteiger partial charge < -0.3 is 4.74 Å². The Bertz CT molecular complexity index is 665. The number of sulfonamides is 1.